The lowest BCUT2D eigenvalue weighted by Gasteiger charge is -2.18. The highest BCUT2D eigenvalue weighted by Crippen LogP contribution is 2.39. The van der Waals surface area contributed by atoms with Crippen LogP contribution in [-0.4, -0.2) is 11.8 Å². The Balaban J connectivity index is 1.76. The van der Waals surface area contributed by atoms with E-state index in [1.807, 2.05) is 37.3 Å². The number of aryl methyl sites for hydroxylation is 1. The zero-order chi connectivity index (χ0) is 21.3. The topological polar surface area (TPSA) is 49.4 Å². The van der Waals surface area contributed by atoms with Crippen molar-refractivity contribution in [2.24, 2.45) is 0 Å². The Kier molecular flexibility index (Phi) is 5.86. The molecule has 0 spiro atoms. The second kappa shape index (κ2) is 8.56. The lowest BCUT2D eigenvalue weighted by molar-refractivity contribution is -0.120. The summed E-state index contributed by atoms with van der Waals surface area (Å²) < 4.78 is 0. The van der Waals surface area contributed by atoms with Gasteiger partial charge in [-0.05, 0) is 67.1 Å². The number of thioether (sulfide) groups is 1. The molecule has 3 aromatic carbocycles. The summed E-state index contributed by atoms with van der Waals surface area (Å²) in [5, 5.41) is 4.24. The SMILES string of the molecule is Cc1cc(Cl)ccc1N1C(=O)C(Nc2ccc(Cl)cc2)=C(Sc2ccccc2)C1=O. The number of rotatable bonds is 5. The molecule has 0 aromatic heterocycles. The molecule has 30 heavy (non-hydrogen) atoms. The minimum atomic E-state index is -0.418. The Morgan fingerprint density at radius 1 is 0.833 bits per heavy atom. The van der Waals surface area contributed by atoms with Crippen LogP contribution in [0.25, 0.3) is 0 Å². The van der Waals surface area contributed by atoms with Gasteiger partial charge in [-0.2, -0.15) is 0 Å². The summed E-state index contributed by atoms with van der Waals surface area (Å²) in [5.41, 5.74) is 2.14. The molecule has 0 bridgehead atoms. The van der Waals surface area contributed by atoms with E-state index in [4.69, 9.17) is 23.2 Å². The molecule has 2 amide bonds. The van der Waals surface area contributed by atoms with Crippen molar-refractivity contribution in [2.45, 2.75) is 11.8 Å². The molecule has 0 atom stereocenters. The summed E-state index contributed by atoms with van der Waals surface area (Å²) in [4.78, 5) is 29.1. The minimum absolute atomic E-state index is 0.227. The molecule has 0 fully saturated rings. The maximum atomic E-state index is 13.3. The van der Waals surface area contributed by atoms with E-state index in [1.54, 1.807) is 42.5 Å². The summed E-state index contributed by atoms with van der Waals surface area (Å²) in [7, 11) is 0. The van der Waals surface area contributed by atoms with Gasteiger partial charge in [0.2, 0.25) is 0 Å². The average molecular weight is 455 g/mol. The number of anilines is 2. The van der Waals surface area contributed by atoms with Gasteiger partial charge in [-0.25, -0.2) is 4.90 Å². The van der Waals surface area contributed by atoms with Gasteiger partial charge in [-0.1, -0.05) is 53.2 Å². The molecule has 0 aliphatic carbocycles. The highest BCUT2D eigenvalue weighted by molar-refractivity contribution is 8.04. The molecule has 1 aliphatic rings. The van der Waals surface area contributed by atoms with Gasteiger partial charge in [-0.15, -0.1) is 0 Å². The van der Waals surface area contributed by atoms with Gasteiger partial charge in [-0.3, -0.25) is 9.59 Å². The zero-order valence-corrected chi connectivity index (χ0v) is 18.2. The van der Waals surface area contributed by atoms with Crippen LogP contribution in [0.4, 0.5) is 11.4 Å². The Hall–Kier alpha value is -2.73. The van der Waals surface area contributed by atoms with E-state index in [-0.39, 0.29) is 11.6 Å². The fraction of sp³-hybridized carbons (Fsp3) is 0.0435. The number of nitrogens with zero attached hydrogens (tertiary/aromatic N) is 1. The van der Waals surface area contributed by atoms with Crippen molar-refractivity contribution < 1.29 is 9.59 Å². The van der Waals surface area contributed by atoms with Crippen LogP contribution in [0, 0.1) is 6.92 Å². The monoisotopic (exact) mass is 454 g/mol. The zero-order valence-electron chi connectivity index (χ0n) is 15.9. The van der Waals surface area contributed by atoms with Gasteiger partial charge in [0.05, 0.1) is 5.69 Å². The number of amides is 2. The number of hydrogen-bond acceptors (Lipinski definition) is 4. The van der Waals surface area contributed by atoms with E-state index in [2.05, 4.69) is 5.32 Å². The molecule has 0 radical (unpaired) electrons. The van der Waals surface area contributed by atoms with Crippen LogP contribution in [0.3, 0.4) is 0 Å². The molecule has 150 valence electrons. The van der Waals surface area contributed by atoms with Crippen LogP contribution in [0.5, 0.6) is 0 Å². The second-order valence-electron chi connectivity index (χ2n) is 6.63. The standard InChI is InChI=1S/C23H16Cl2N2O2S/c1-14-13-16(25)9-12-19(14)27-22(28)20(26-17-10-7-15(24)8-11-17)21(23(27)29)30-18-5-3-2-4-6-18/h2-13,26H,1H3. The number of carbonyl (C=O) groups is 2. The van der Waals surface area contributed by atoms with Gasteiger partial charge >= 0.3 is 0 Å². The number of imide groups is 1. The molecule has 0 unspecified atom stereocenters. The Morgan fingerprint density at radius 2 is 1.50 bits per heavy atom. The summed E-state index contributed by atoms with van der Waals surface area (Å²) in [6.45, 7) is 1.82. The molecule has 0 saturated carbocycles. The Bertz CT molecular complexity index is 1160. The fourth-order valence-electron chi connectivity index (χ4n) is 3.09. The lowest BCUT2D eigenvalue weighted by Crippen LogP contribution is -2.32. The molecule has 1 N–H and O–H groups in total. The van der Waals surface area contributed by atoms with Crippen LogP contribution < -0.4 is 10.2 Å². The van der Waals surface area contributed by atoms with Gasteiger partial charge in [0.15, 0.2) is 0 Å². The first-order valence-corrected chi connectivity index (χ1v) is 10.7. The smallest absolute Gasteiger partial charge is 0.283 e. The average Bonchev–Trinajstić information content (AvgIpc) is 2.95. The van der Waals surface area contributed by atoms with E-state index < -0.39 is 5.91 Å². The van der Waals surface area contributed by atoms with Crippen LogP contribution in [0.1, 0.15) is 5.56 Å². The molecular weight excluding hydrogens is 439 g/mol. The summed E-state index contributed by atoms with van der Waals surface area (Å²) in [5.74, 6) is -0.797. The molecule has 4 nitrogen and oxygen atoms in total. The van der Waals surface area contributed by atoms with E-state index in [1.165, 1.54) is 16.7 Å². The normalized spacial score (nSPS) is 13.9. The largest absolute Gasteiger partial charge is 0.350 e. The molecule has 4 rings (SSSR count). The fourth-order valence-corrected chi connectivity index (χ4v) is 4.39. The Labute approximate surface area is 188 Å². The molecule has 0 saturated heterocycles. The summed E-state index contributed by atoms with van der Waals surface area (Å²) >= 11 is 13.3. The van der Waals surface area contributed by atoms with Gasteiger partial charge < -0.3 is 5.32 Å². The summed E-state index contributed by atoms with van der Waals surface area (Å²) in [6, 6.07) is 21.5. The van der Waals surface area contributed by atoms with Crippen LogP contribution >= 0.6 is 35.0 Å². The molecule has 1 aliphatic heterocycles. The van der Waals surface area contributed by atoms with E-state index in [0.717, 1.165) is 10.5 Å². The number of hydrogen-bond donors (Lipinski definition) is 1. The van der Waals surface area contributed by atoms with Crippen molar-refractivity contribution in [1.82, 2.24) is 0 Å². The number of halogens is 2. The second-order valence-corrected chi connectivity index (χ2v) is 8.58. The van der Waals surface area contributed by atoms with E-state index in [0.29, 0.717) is 26.3 Å². The molecule has 7 heteroatoms. The van der Waals surface area contributed by atoms with E-state index >= 15 is 0 Å². The minimum Gasteiger partial charge on any atom is -0.350 e. The quantitative estimate of drug-likeness (QED) is 0.460. The summed E-state index contributed by atoms with van der Waals surface area (Å²) in [6.07, 6.45) is 0. The maximum absolute atomic E-state index is 13.3. The highest BCUT2D eigenvalue weighted by Gasteiger charge is 2.40. The first-order valence-electron chi connectivity index (χ1n) is 9.09. The van der Waals surface area contributed by atoms with Crippen LogP contribution in [0.15, 0.2) is 88.3 Å². The predicted octanol–water partition coefficient (Wildman–Crippen LogP) is 6.29. The molecule has 3 aromatic rings. The van der Waals surface area contributed by atoms with Crippen molar-refractivity contribution in [2.75, 3.05) is 10.2 Å². The van der Waals surface area contributed by atoms with E-state index in [9.17, 15) is 9.59 Å². The van der Waals surface area contributed by atoms with Gasteiger partial charge in [0.1, 0.15) is 10.6 Å². The third-order valence-electron chi connectivity index (χ3n) is 4.52. The van der Waals surface area contributed by atoms with Gasteiger partial charge in [0.25, 0.3) is 11.8 Å². The first kappa shape index (κ1) is 20.5. The van der Waals surface area contributed by atoms with Crippen molar-refractivity contribution in [3.63, 3.8) is 0 Å². The molecular formula is C23H16Cl2N2O2S. The predicted molar refractivity (Wildman–Crippen MR) is 123 cm³/mol. The van der Waals surface area contributed by atoms with Crippen molar-refractivity contribution in [3.8, 4) is 0 Å². The van der Waals surface area contributed by atoms with Crippen molar-refractivity contribution in [1.29, 1.82) is 0 Å². The van der Waals surface area contributed by atoms with Gasteiger partial charge in [0, 0.05) is 20.6 Å². The number of carbonyl (C=O) groups excluding carboxylic acids is 2. The Morgan fingerprint density at radius 3 is 2.17 bits per heavy atom. The number of nitrogens with one attached hydrogen (secondary N) is 1. The third-order valence-corrected chi connectivity index (χ3v) is 6.10. The highest BCUT2D eigenvalue weighted by atomic mass is 35.5. The number of benzene rings is 3. The third kappa shape index (κ3) is 4.10. The van der Waals surface area contributed by atoms with Crippen LogP contribution in [-0.2, 0) is 9.59 Å². The first-order chi connectivity index (χ1) is 14.4. The van der Waals surface area contributed by atoms with Crippen LogP contribution in [0.2, 0.25) is 10.0 Å². The van der Waals surface area contributed by atoms with Crippen molar-refractivity contribution in [3.05, 3.63) is 99.0 Å². The lowest BCUT2D eigenvalue weighted by atomic mass is 10.2. The maximum Gasteiger partial charge on any atom is 0.283 e. The van der Waals surface area contributed by atoms with Crippen molar-refractivity contribution >= 4 is 58.2 Å². The molecule has 1 heterocycles.